The highest BCUT2D eigenvalue weighted by Crippen LogP contribution is 2.22. The Morgan fingerprint density at radius 3 is 2.40 bits per heavy atom. The largest absolute Gasteiger partial charge is 0.326 e. The number of amides is 4. The Kier molecular flexibility index (Phi) is 4.79. The minimum atomic E-state index is -0.615. The van der Waals surface area contributed by atoms with Crippen molar-refractivity contribution in [2.75, 3.05) is 11.9 Å². The maximum Gasteiger partial charge on any atom is 0.325 e. The van der Waals surface area contributed by atoms with Crippen molar-refractivity contribution in [1.82, 2.24) is 10.2 Å². The maximum absolute atomic E-state index is 12.5. The van der Waals surface area contributed by atoms with Crippen LogP contribution in [0.25, 0.3) is 0 Å². The summed E-state index contributed by atoms with van der Waals surface area (Å²) in [6, 6.07) is 15.6. The molecular formula is C19H19N3O3. The molecule has 128 valence electrons. The lowest BCUT2D eigenvalue weighted by atomic mass is 10.1. The van der Waals surface area contributed by atoms with Crippen LogP contribution in [0.3, 0.4) is 0 Å². The fourth-order valence-electron chi connectivity index (χ4n) is 2.80. The third-order valence-electron chi connectivity index (χ3n) is 4.06. The number of hydrogen-bond donors (Lipinski definition) is 2. The molecule has 1 heterocycles. The van der Waals surface area contributed by atoms with Crippen molar-refractivity contribution in [1.29, 1.82) is 0 Å². The molecule has 0 spiro atoms. The number of urea groups is 1. The maximum atomic E-state index is 12.5. The standard InChI is InChI=1S/C19H19N3O3/c1-13(23)20-16-9-7-14(8-10-16)11-12-22-18(24)17(21-19(22)25)15-5-3-2-4-6-15/h2-10,17H,11-12H2,1H3,(H,20,23)(H,21,25)/t17-/m0/s1. The van der Waals surface area contributed by atoms with Gasteiger partial charge >= 0.3 is 6.03 Å². The zero-order valence-corrected chi connectivity index (χ0v) is 13.9. The highest BCUT2D eigenvalue weighted by Gasteiger charge is 2.38. The smallest absolute Gasteiger partial charge is 0.325 e. The van der Waals surface area contributed by atoms with Crippen molar-refractivity contribution in [3.8, 4) is 0 Å². The molecule has 25 heavy (non-hydrogen) atoms. The fourth-order valence-corrected chi connectivity index (χ4v) is 2.80. The van der Waals surface area contributed by atoms with Crippen molar-refractivity contribution < 1.29 is 14.4 Å². The molecule has 1 saturated heterocycles. The molecular weight excluding hydrogens is 318 g/mol. The molecule has 1 atom stereocenters. The normalized spacial score (nSPS) is 16.7. The van der Waals surface area contributed by atoms with Crippen LogP contribution in [-0.2, 0) is 16.0 Å². The van der Waals surface area contributed by atoms with E-state index in [4.69, 9.17) is 0 Å². The van der Waals surface area contributed by atoms with E-state index in [9.17, 15) is 14.4 Å². The molecule has 0 aromatic heterocycles. The van der Waals surface area contributed by atoms with Crippen LogP contribution >= 0.6 is 0 Å². The van der Waals surface area contributed by atoms with E-state index in [0.29, 0.717) is 13.0 Å². The van der Waals surface area contributed by atoms with Gasteiger partial charge in [-0.3, -0.25) is 14.5 Å². The van der Waals surface area contributed by atoms with E-state index in [1.54, 1.807) is 12.1 Å². The molecule has 2 aromatic carbocycles. The number of hydrogen-bond acceptors (Lipinski definition) is 3. The molecule has 4 amide bonds. The van der Waals surface area contributed by atoms with Gasteiger partial charge in [0.15, 0.2) is 0 Å². The van der Waals surface area contributed by atoms with E-state index in [1.807, 2.05) is 42.5 Å². The minimum absolute atomic E-state index is 0.126. The van der Waals surface area contributed by atoms with Crippen LogP contribution in [0.5, 0.6) is 0 Å². The van der Waals surface area contributed by atoms with Gasteiger partial charge in [-0.2, -0.15) is 0 Å². The molecule has 0 unspecified atom stereocenters. The molecule has 3 rings (SSSR count). The number of nitrogens with one attached hydrogen (secondary N) is 2. The molecule has 6 nitrogen and oxygen atoms in total. The van der Waals surface area contributed by atoms with E-state index >= 15 is 0 Å². The first-order chi connectivity index (χ1) is 12.0. The number of nitrogens with zero attached hydrogens (tertiary/aromatic N) is 1. The van der Waals surface area contributed by atoms with Gasteiger partial charge in [0.1, 0.15) is 6.04 Å². The van der Waals surface area contributed by atoms with E-state index in [1.165, 1.54) is 11.8 Å². The molecule has 0 aliphatic carbocycles. The molecule has 0 saturated carbocycles. The summed E-state index contributed by atoms with van der Waals surface area (Å²) >= 11 is 0. The average molecular weight is 337 g/mol. The lowest BCUT2D eigenvalue weighted by Crippen LogP contribution is -2.32. The molecule has 2 N–H and O–H groups in total. The van der Waals surface area contributed by atoms with Crippen molar-refractivity contribution in [2.24, 2.45) is 0 Å². The number of carbonyl (C=O) groups is 3. The zero-order chi connectivity index (χ0) is 17.8. The summed E-state index contributed by atoms with van der Waals surface area (Å²) in [5.74, 6) is -0.356. The van der Waals surface area contributed by atoms with Crippen LogP contribution in [0.1, 0.15) is 24.1 Å². The monoisotopic (exact) mass is 337 g/mol. The van der Waals surface area contributed by atoms with Crippen LogP contribution in [0, 0.1) is 0 Å². The summed E-state index contributed by atoms with van der Waals surface area (Å²) in [5, 5.41) is 5.43. The van der Waals surface area contributed by atoms with Crippen LogP contribution in [0.4, 0.5) is 10.5 Å². The highest BCUT2D eigenvalue weighted by molar-refractivity contribution is 6.04. The Hall–Kier alpha value is -3.15. The topological polar surface area (TPSA) is 78.5 Å². The summed E-state index contributed by atoms with van der Waals surface area (Å²) in [4.78, 5) is 36.9. The quantitative estimate of drug-likeness (QED) is 0.823. The van der Waals surface area contributed by atoms with Crippen LogP contribution in [0.15, 0.2) is 54.6 Å². The van der Waals surface area contributed by atoms with Gasteiger partial charge in [-0.15, -0.1) is 0 Å². The van der Waals surface area contributed by atoms with Crippen molar-refractivity contribution >= 4 is 23.5 Å². The van der Waals surface area contributed by atoms with Crippen molar-refractivity contribution in [3.63, 3.8) is 0 Å². The molecule has 1 fully saturated rings. The van der Waals surface area contributed by atoms with Crippen LogP contribution in [-0.4, -0.2) is 29.3 Å². The predicted molar refractivity (Wildman–Crippen MR) is 93.9 cm³/mol. The Morgan fingerprint density at radius 1 is 1.08 bits per heavy atom. The summed E-state index contributed by atoms with van der Waals surface area (Å²) in [6.07, 6.45) is 0.557. The Balaban J connectivity index is 1.62. The second-order valence-electron chi connectivity index (χ2n) is 5.91. The lowest BCUT2D eigenvalue weighted by molar-refractivity contribution is -0.127. The van der Waals surface area contributed by atoms with Gasteiger partial charge in [0.05, 0.1) is 0 Å². The van der Waals surface area contributed by atoms with Gasteiger partial charge in [-0.1, -0.05) is 42.5 Å². The summed E-state index contributed by atoms with van der Waals surface area (Å²) < 4.78 is 0. The summed E-state index contributed by atoms with van der Waals surface area (Å²) in [5.41, 5.74) is 2.48. The van der Waals surface area contributed by atoms with E-state index in [0.717, 1.165) is 16.8 Å². The Bertz CT molecular complexity index is 787. The molecule has 2 aromatic rings. The number of rotatable bonds is 5. The van der Waals surface area contributed by atoms with Crippen LogP contribution in [0.2, 0.25) is 0 Å². The molecule has 1 aliphatic heterocycles. The zero-order valence-electron chi connectivity index (χ0n) is 13.9. The number of benzene rings is 2. The Morgan fingerprint density at radius 2 is 1.76 bits per heavy atom. The first-order valence-electron chi connectivity index (χ1n) is 8.08. The fraction of sp³-hybridized carbons (Fsp3) is 0.211. The van der Waals surface area contributed by atoms with Crippen LogP contribution < -0.4 is 10.6 Å². The van der Waals surface area contributed by atoms with Crippen molar-refractivity contribution in [3.05, 3.63) is 65.7 Å². The van der Waals surface area contributed by atoms with Gasteiger partial charge in [-0.05, 0) is 29.7 Å². The third-order valence-corrected chi connectivity index (χ3v) is 4.06. The number of carbonyl (C=O) groups excluding carboxylic acids is 3. The van der Waals surface area contributed by atoms with Gasteiger partial charge in [0, 0.05) is 19.2 Å². The summed E-state index contributed by atoms with van der Waals surface area (Å²) in [6.45, 7) is 1.77. The average Bonchev–Trinajstić information content (AvgIpc) is 2.89. The first-order valence-corrected chi connectivity index (χ1v) is 8.08. The van der Waals surface area contributed by atoms with Crippen molar-refractivity contribution in [2.45, 2.75) is 19.4 Å². The summed E-state index contributed by atoms with van der Waals surface area (Å²) in [7, 11) is 0. The predicted octanol–water partition coefficient (Wildman–Crippen LogP) is 2.48. The Labute approximate surface area is 145 Å². The minimum Gasteiger partial charge on any atom is -0.326 e. The first kappa shape index (κ1) is 16.7. The van der Waals surface area contributed by atoms with E-state index in [-0.39, 0.29) is 17.8 Å². The third kappa shape index (κ3) is 3.85. The highest BCUT2D eigenvalue weighted by atomic mass is 16.2. The lowest BCUT2D eigenvalue weighted by Gasteiger charge is -2.13. The van der Waals surface area contributed by atoms with Gasteiger partial charge in [0.25, 0.3) is 5.91 Å². The molecule has 6 heteroatoms. The van der Waals surface area contributed by atoms with Gasteiger partial charge in [-0.25, -0.2) is 4.79 Å². The molecule has 0 radical (unpaired) electrons. The number of anilines is 1. The number of imide groups is 1. The molecule has 0 bridgehead atoms. The molecule has 1 aliphatic rings. The van der Waals surface area contributed by atoms with E-state index in [2.05, 4.69) is 10.6 Å². The SMILES string of the molecule is CC(=O)Nc1ccc(CCN2C(=O)N[C@@H](c3ccccc3)C2=O)cc1. The van der Waals surface area contributed by atoms with E-state index < -0.39 is 6.04 Å². The van der Waals surface area contributed by atoms with Gasteiger partial charge in [0.2, 0.25) is 5.91 Å². The van der Waals surface area contributed by atoms with Gasteiger partial charge < -0.3 is 10.6 Å². The second-order valence-corrected chi connectivity index (χ2v) is 5.91. The second kappa shape index (κ2) is 7.17.